The molecule has 5 heteroatoms. The highest BCUT2D eigenvalue weighted by atomic mass is 16.5. The van der Waals surface area contributed by atoms with E-state index >= 15 is 0 Å². The molecule has 1 atom stereocenters. The first-order valence-corrected chi connectivity index (χ1v) is 6.89. The van der Waals surface area contributed by atoms with Gasteiger partial charge in [0, 0.05) is 24.6 Å². The molecule has 1 aromatic rings. The Hall–Kier alpha value is -2.48. The smallest absolute Gasteiger partial charge is 0.261 e. The number of hydrogen-bond acceptors (Lipinski definition) is 4. The Morgan fingerprint density at radius 1 is 1.62 bits per heavy atom. The molecule has 0 bridgehead atoms. The SMILES string of the molecule is CCOc1cc2c(cc1/C=C(\C#N)C(=O)NC)OC(C)C2. The van der Waals surface area contributed by atoms with Crippen molar-refractivity contribution < 1.29 is 14.3 Å². The monoisotopic (exact) mass is 286 g/mol. The van der Waals surface area contributed by atoms with Crippen LogP contribution >= 0.6 is 0 Å². The van der Waals surface area contributed by atoms with Crippen LogP contribution in [-0.2, 0) is 11.2 Å². The van der Waals surface area contributed by atoms with Crippen LogP contribution in [-0.4, -0.2) is 25.7 Å². The van der Waals surface area contributed by atoms with E-state index in [1.54, 1.807) is 0 Å². The fourth-order valence-corrected chi connectivity index (χ4v) is 2.29. The summed E-state index contributed by atoms with van der Waals surface area (Å²) in [6, 6.07) is 5.65. The van der Waals surface area contributed by atoms with E-state index in [1.807, 2.05) is 32.0 Å². The zero-order valence-electron chi connectivity index (χ0n) is 12.4. The third-order valence-electron chi connectivity index (χ3n) is 3.22. The highest BCUT2D eigenvalue weighted by molar-refractivity contribution is 6.01. The van der Waals surface area contributed by atoms with Crippen LogP contribution in [0.3, 0.4) is 0 Å². The van der Waals surface area contributed by atoms with Crippen molar-refractivity contribution in [2.24, 2.45) is 0 Å². The molecule has 2 rings (SSSR count). The quantitative estimate of drug-likeness (QED) is 0.679. The first kappa shape index (κ1) is 14.9. The van der Waals surface area contributed by atoms with Gasteiger partial charge in [-0.05, 0) is 32.1 Å². The molecule has 110 valence electrons. The first-order chi connectivity index (χ1) is 10.1. The molecule has 1 aromatic carbocycles. The van der Waals surface area contributed by atoms with Crippen molar-refractivity contribution in [3.05, 3.63) is 28.8 Å². The summed E-state index contributed by atoms with van der Waals surface area (Å²) in [7, 11) is 1.49. The number of benzene rings is 1. The van der Waals surface area contributed by atoms with Gasteiger partial charge in [0.05, 0.1) is 6.61 Å². The van der Waals surface area contributed by atoms with Gasteiger partial charge in [-0.1, -0.05) is 0 Å². The summed E-state index contributed by atoms with van der Waals surface area (Å²) in [6.45, 7) is 4.41. The van der Waals surface area contributed by atoms with Crippen LogP contribution in [0.15, 0.2) is 17.7 Å². The maximum absolute atomic E-state index is 11.6. The number of carbonyl (C=O) groups excluding carboxylic acids is 1. The Morgan fingerprint density at radius 3 is 3.00 bits per heavy atom. The molecule has 1 aliphatic heterocycles. The number of rotatable bonds is 4. The van der Waals surface area contributed by atoms with E-state index in [0.29, 0.717) is 17.9 Å². The number of nitrogens with zero attached hydrogens (tertiary/aromatic N) is 1. The number of carbonyl (C=O) groups is 1. The van der Waals surface area contributed by atoms with Crippen molar-refractivity contribution in [2.45, 2.75) is 26.4 Å². The van der Waals surface area contributed by atoms with Crippen LogP contribution in [0.1, 0.15) is 25.0 Å². The van der Waals surface area contributed by atoms with Gasteiger partial charge in [-0.2, -0.15) is 5.26 Å². The minimum absolute atomic E-state index is 0.0319. The fraction of sp³-hybridized carbons (Fsp3) is 0.375. The first-order valence-electron chi connectivity index (χ1n) is 6.89. The second-order valence-electron chi connectivity index (χ2n) is 4.81. The van der Waals surface area contributed by atoms with Crippen molar-refractivity contribution in [1.29, 1.82) is 5.26 Å². The molecular formula is C16H18N2O3. The number of hydrogen-bond donors (Lipinski definition) is 1. The van der Waals surface area contributed by atoms with E-state index in [-0.39, 0.29) is 11.7 Å². The van der Waals surface area contributed by atoms with Gasteiger partial charge >= 0.3 is 0 Å². The number of nitriles is 1. The molecular weight excluding hydrogens is 268 g/mol. The van der Waals surface area contributed by atoms with Crippen molar-refractivity contribution in [3.63, 3.8) is 0 Å². The third-order valence-corrected chi connectivity index (χ3v) is 3.22. The average molecular weight is 286 g/mol. The summed E-state index contributed by atoms with van der Waals surface area (Å²) in [6.07, 6.45) is 2.49. The number of nitrogens with one attached hydrogen (secondary N) is 1. The molecule has 0 spiro atoms. The minimum atomic E-state index is -0.422. The molecule has 0 fully saturated rings. The van der Waals surface area contributed by atoms with Gasteiger partial charge in [0.1, 0.15) is 29.2 Å². The van der Waals surface area contributed by atoms with E-state index in [4.69, 9.17) is 14.7 Å². The number of ether oxygens (including phenoxy) is 2. The van der Waals surface area contributed by atoms with Crippen LogP contribution < -0.4 is 14.8 Å². The topological polar surface area (TPSA) is 71.3 Å². The minimum Gasteiger partial charge on any atom is -0.493 e. The Balaban J connectivity index is 2.47. The summed E-state index contributed by atoms with van der Waals surface area (Å²) in [5.41, 5.74) is 1.79. The van der Waals surface area contributed by atoms with Gasteiger partial charge in [-0.25, -0.2) is 0 Å². The fourth-order valence-electron chi connectivity index (χ4n) is 2.29. The number of likely N-dealkylation sites (N-methyl/N-ethyl adjacent to an activating group) is 1. The molecule has 1 unspecified atom stereocenters. The van der Waals surface area contributed by atoms with Crippen LogP contribution in [0, 0.1) is 11.3 Å². The predicted molar refractivity (Wildman–Crippen MR) is 79.1 cm³/mol. The Kier molecular flexibility index (Phi) is 4.49. The molecule has 1 amide bonds. The average Bonchev–Trinajstić information content (AvgIpc) is 2.83. The highest BCUT2D eigenvalue weighted by Crippen LogP contribution is 2.36. The van der Waals surface area contributed by atoms with Crippen LogP contribution in [0.2, 0.25) is 0 Å². The van der Waals surface area contributed by atoms with Crippen molar-refractivity contribution in [3.8, 4) is 17.6 Å². The van der Waals surface area contributed by atoms with Crippen LogP contribution in [0.5, 0.6) is 11.5 Å². The van der Waals surface area contributed by atoms with Crippen LogP contribution in [0.25, 0.3) is 6.08 Å². The lowest BCUT2D eigenvalue weighted by molar-refractivity contribution is -0.116. The molecule has 0 radical (unpaired) electrons. The molecule has 21 heavy (non-hydrogen) atoms. The lowest BCUT2D eigenvalue weighted by Gasteiger charge is -2.10. The van der Waals surface area contributed by atoms with Gasteiger partial charge in [0.2, 0.25) is 0 Å². The summed E-state index contributed by atoms with van der Waals surface area (Å²) in [5.74, 6) is 1.02. The lowest BCUT2D eigenvalue weighted by Crippen LogP contribution is -2.19. The highest BCUT2D eigenvalue weighted by Gasteiger charge is 2.22. The van der Waals surface area contributed by atoms with E-state index in [0.717, 1.165) is 17.7 Å². The number of fused-ring (bicyclic) bond motifs is 1. The summed E-state index contributed by atoms with van der Waals surface area (Å²) in [5, 5.41) is 11.5. The van der Waals surface area contributed by atoms with Crippen molar-refractivity contribution in [1.82, 2.24) is 5.32 Å². The molecule has 0 aliphatic carbocycles. The normalized spacial score (nSPS) is 16.7. The predicted octanol–water partition coefficient (Wildman–Crippen LogP) is 2.06. The maximum atomic E-state index is 11.6. The summed E-state index contributed by atoms with van der Waals surface area (Å²) < 4.78 is 11.3. The summed E-state index contributed by atoms with van der Waals surface area (Å²) >= 11 is 0. The molecule has 1 N–H and O–H groups in total. The van der Waals surface area contributed by atoms with E-state index in [9.17, 15) is 4.79 Å². The van der Waals surface area contributed by atoms with E-state index in [1.165, 1.54) is 13.1 Å². The van der Waals surface area contributed by atoms with Gasteiger partial charge in [-0.15, -0.1) is 0 Å². The lowest BCUT2D eigenvalue weighted by atomic mass is 10.0. The Morgan fingerprint density at radius 2 is 2.38 bits per heavy atom. The van der Waals surface area contributed by atoms with Gasteiger partial charge in [0.15, 0.2) is 0 Å². The van der Waals surface area contributed by atoms with E-state index in [2.05, 4.69) is 5.32 Å². The maximum Gasteiger partial charge on any atom is 0.261 e. The molecule has 1 heterocycles. The summed E-state index contributed by atoms with van der Waals surface area (Å²) in [4.78, 5) is 11.6. The second kappa shape index (κ2) is 6.31. The van der Waals surface area contributed by atoms with Crippen molar-refractivity contribution in [2.75, 3.05) is 13.7 Å². The molecule has 0 saturated carbocycles. The molecule has 5 nitrogen and oxygen atoms in total. The number of amides is 1. The third kappa shape index (κ3) is 3.16. The van der Waals surface area contributed by atoms with Gasteiger partial charge in [-0.3, -0.25) is 4.79 Å². The zero-order chi connectivity index (χ0) is 15.4. The second-order valence-corrected chi connectivity index (χ2v) is 4.81. The zero-order valence-corrected chi connectivity index (χ0v) is 12.4. The Bertz CT molecular complexity index is 629. The van der Waals surface area contributed by atoms with Crippen LogP contribution in [0.4, 0.5) is 0 Å². The van der Waals surface area contributed by atoms with E-state index < -0.39 is 5.91 Å². The van der Waals surface area contributed by atoms with Gasteiger partial charge < -0.3 is 14.8 Å². The molecule has 0 saturated heterocycles. The van der Waals surface area contributed by atoms with Crippen molar-refractivity contribution >= 4 is 12.0 Å². The standard InChI is InChI=1S/C16H18N2O3/c1-4-20-14-7-11-5-10(2)21-15(11)8-12(14)6-13(9-17)16(19)18-3/h6-8,10H,4-5H2,1-3H3,(H,18,19)/b13-6+. The molecule has 0 aromatic heterocycles. The largest absolute Gasteiger partial charge is 0.493 e. The van der Waals surface area contributed by atoms with Gasteiger partial charge in [0.25, 0.3) is 5.91 Å². The Labute approximate surface area is 124 Å². The molecule has 1 aliphatic rings.